The van der Waals surface area contributed by atoms with Crippen molar-refractivity contribution in [3.8, 4) is 0 Å². The topological polar surface area (TPSA) is 76.7 Å². The summed E-state index contributed by atoms with van der Waals surface area (Å²) in [6.45, 7) is 0. The van der Waals surface area contributed by atoms with Crippen LogP contribution in [0.25, 0.3) is 0 Å². The third-order valence-corrected chi connectivity index (χ3v) is 6.28. The van der Waals surface area contributed by atoms with Gasteiger partial charge in [-0.05, 0) is 50.7 Å². The lowest BCUT2D eigenvalue weighted by Gasteiger charge is -2.19. The molecule has 2 aliphatic rings. The molecular weight excluding hydrogens is 340 g/mol. The first-order valence-electron chi connectivity index (χ1n) is 8.89. The molecule has 2 fully saturated rings. The molecule has 0 unspecified atom stereocenters. The highest BCUT2D eigenvalue weighted by Gasteiger charge is 2.30. The number of carbonyl (C=O) groups is 2. The van der Waals surface area contributed by atoms with E-state index in [-0.39, 0.29) is 36.1 Å². The Morgan fingerprint density at radius 3 is 1.72 bits per heavy atom. The second-order valence-corrected chi connectivity index (χ2v) is 7.82. The lowest BCUT2D eigenvalue weighted by molar-refractivity contribution is 0.0723. The summed E-state index contributed by atoms with van der Waals surface area (Å²) >= 11 is 1.23. The normalized spacial score (nSPS) is 28.9. The van der Waals surface area contributed by atoms with E-state index < -0.39 is 0 Å². The number of hydrogen-bond acceptors (Lipinski definition) is 5. The van der Waals surface area contributed by atoms with Crippen molar-refractivity contribution in [1.82, 2.24) is 10.6 Å². The Balaban J connectivity index is 1.57. The lowest BCUT2D eigenvalue weighted by atomic mass is 10.2. The van der Waals surface area contributed by atoms with Crippen molar-refractivity contribution in [3.05, 3.63) is 21.9 Å². The van der Waals surface area contributed by atoms with Gasteiger partial charge in [-0.1, -0.05) is 0 Å². The maximum atomic E-state index is 12.4. The highest BCUT2D eigenvalue weighted by Crippen LogP contribution is 2.25. The van der Waals surface area contributed by atoms with E-state index in [9.17, 15) is 9.59 Å². The molecule has 0 bridgehead atoms. The van der Waals surface area contributed by atoms with Gasteiger partial charge in [0.2, 0.25) is 0 Å². The van der Waals surface area contributed by atoms with Crippen LogP contribution in [0.2, 0.25) is 0 Å². The first-order chi connectivity index (χ1) is 12.1. The molecule has 0 saturated heterocycles. The maximum Gasteiger partial charge on any atom is 0.261 e. The van der Waals surface area contributed by atoms with Crippen molar-refractivity contribution in [3.63, 3.8) is 0 Å². The number of thiophene rings is 1. The number of hydrogen-bond donors (Lipinski definition) is 2. The van der Waals surface area contributed by atoms with E-state index in [0.29, 0.717) is 9.75 Å². The number of ether oxygens (including phenoxy) is 2. The van der Waals surface area contributed by atoms with Crippen molar-refractivity contribution < 1.29 is 19.1 Å². The van der Waals surface area contributed by atoms with E-state index >= 15 is 0 Å². The Morgan fingerprint density at radius 1 is 0.880 bits per heavy atom. The second kappa shape index (κ2) is 8.29. The van der Waals surface area contributed by atoms with E-state index in [1.54, 1.807) is 26.4 Å². The van der Waals surface area contributed by atoms with Crippen molar-refractivity contribution >= 4 is 23.2 Å². The predicted octanol–water partition coefficient (Wildman–Crippen LogP) is 2.34. The standard InChI is InChI=1S/C18H26N2O4S/c1-23-13-7-3-5-11(13)19-17(21)15-9-10-16(25-15)18(22)20-12-6-4-8-14(12)24-2/h9-14H,3-8H2,1-2H3,(H,19,21)(H,20,22)/t11-,12+,13-,14-/m1/s1. The van der Waals surface area contributed by atoms with Crippen LogP contribution in [0.3, 0.4) is 0 Å². The van der Waals surface area contributed by atoms with E-state index in [2.05, 4.69) is 10.6 Å². The SMILES string of the molecule is CO[C@@H]1CCC[C@@H]1NC(=O)c1ccc(C(=O)N[C@@H]2CCC[C@H]2OC)s1. The molecule has 25 heavy (non-hydrogen) atoms. The molecule has 0 aliphatic heterocycles. The van der Waals surface area contributed by atoms with Crippen LogP contribution in [0.15, 0.2) is 12.1 Å². The second-order valence-electron chi connectivity index (χ2n) is 6.73. The summed E-state index contributed by atoms with van der Waals surface area (Å²) in [7, 11) is 3.36. The number of carbonyl (C=O) groups excluding carboxylic acids is 2. The van der Waals surface area contributed by atoms with Gasteiger partial charge < -0.3 is 20.1 Å². The van der Waals surface area contributed by atoms with Gasteiger partial charge in [0.1, 0.15) is 0 Å². The number of amides is 2. The molecule has 0 spiro atoms. The molecule has 138 valence electrons. The summed E-state index contributed by atoms with van der Waals surface area (Å²) in [6, 6.07) is 3.54. The van der Waals surface area contributed by atoms with Crippen LogP contribution >= 0.6 is 11.3 Å². The highest BCUT2D eigenvalue weighted by atomic mass is 32.1. The summed E-state index contributed by atoms with van der Waals surface area (Å²) in [5, 5.41) is 6.07. The molecule has 2 aliphatic carbocycles. The number of rotatable bonds is 6. The van der Waals surface area contributed by atoms with Gasteiger partial charge in [-0.15, -0.1) is 11.3 Å². The van der Waals surface area contributed by atoms with Crippen LogP contribution in [0.4, 0.5) is 0 Å². The van der Waals surface area contributed by atoms with Crippen molar-refractivity contribution in [2.45, 2.75) is 62.8 Å². The lowest BCUT2D eigenvalue weighted by Crippen LogP contribution is -2.40. The number of methoxy groups -OCH3 is 2. The van der Waals surface area contributed by atoms with Crippen LogP contribution in [-0.4, -0.2) is 50.3 Å². The molecule has 7 heteroatoms. The molecule has 0 aromatic carbocycles. The summed E-state index contributed by atoms with van der Waals surface area (Å²) in [4.78, 5) is 26.0. The Labute approximate surface area is 152 Å². The molecule has 2 amide bonds. The van der Waals surface area contributed by atoms with Gasteiger partial charge in [-0.25, -0.2) is 0 Å². The fourth-order valence-electron chi connectivity index (χ4n) is 3.81. The summed E-state index contributed by atoms with van der Waals surface area (Å²) in [6.07, 6.45) is 6.10. The van der Waals surface area contributed by atoms with E-state index in [1.165, 1.54) is 11.3 Å². The molecule has 1 aromatic rings. The Morgan fingerprint density at radius 2 is 1.32 bits per heavy atom. The molecule has 2 saturated carbocycles. The average Bonchev–Trinajstić information content (AvgIpc) is 3.34. The smallest absolute Gasteiger partial charge is 0.261 e. The van der Waals surface area contributed by atoms with Crippen LogP contribution in [0, 0.1) is 0 Å². The molecule has 1 aromatic heterocycles. The zero-order valence-electron chi connectivity index (χ0n) is 14.7. The van der Waals surface area contributed by atoms with Gasteiger partial charge in [0.25, 0.3) is 11.8 Å². The molecular formula is C18H26N2O4S. The monoisotopic (exact) mass is 366 g/mol. The Bertz CT molecular complexity index is 567. The van der Waals surface area contributed by atoms with Crippen LogP contribution < -0.4 is 10.6 Å². The van der Waals surface area contributed by atoms with Crippen molar-refractivity contribution in [1.29, 1.82) is 0 Å². The molecule has 2 N–H and O–H groups in total. The van der Waals surface area contributed by atoms with Gasteiger partial charge in [-0.3, -0.25) is 9.59 Å². The minimum atomic E-state index is -0.131. The fourth-order valence-corrected chi connectivity index (χ4v) is 4.62. The van der Waals surface area contributed by atoms with E-state index in [4.69, 9.17) is 9.47 Å². The van der Waals surface area contributed by atoms with E-state index in [1.807, 2.05) is 0 Å². The van der Waals surface area contributed by atoms with Gasteiger partial charge in [0, 0.05) is 14.2 Å². The highest BCUT2D eigenvalue weighted by molar-refractivity contribution is 7.15. The van der Waals surface area contributed by atoms with Gasteiger partial charge >= 0.3 is 0 Å². The van der Waals surface area contributed by atoms with Crippen molar-refractivity contribution in [2.24, 2.45) is 0 Å². The van der Waals surface area contributed by atoms with Crippen LogP contribution in [-0.2, 0) is 9.47 Å². The van der Waals surface area contributed by atoms with Gasteiger partial charge in [-0.2, -0.15) is 0 Å². The fraction of sp³-hybridized carbons (Fsp3) is 0.667. The van der Waals surface area contributed by atoms with Crippen LogP contribution in [0.5, 0.6) is 0 Å². The largest absolute Gasteiger partial charge is 0.379 e. The number of nitrogens with one attached hydrogen (secondary N) is 2. The maximum absolute atomic E-state index is 12.4. The quantitative estimate of drug-likeness (QED) is 0.810. The molecule has 6 nitrogen and oxygen atoms in total. The molecule has 1 heterocycles. The average molecular weight is 366 g/mol. The minimum Gasteiger partial charge on any atom is -0.379 e. The molecule has 4 atom stereocenters. The van der Waals surface area contributed by atoms with Crippen molar-refractivity contribution in [2.75, 3.05) is 14.2 Å². The predicted molar refractivity (Wildman–Crippen MR) is 96.1 cm³/mol. The minimum absolute atomic E-state index is 0.0535. The summed E-state index contributed by atoms with van der Waals surface area (Å²) in [5.41, 5.74) is 0. The first-order valence-corrected chi connectivity index (χ1v) is 9.71. The molecule has 3 rings (SSSR count). The first kappa shape index (κ1) is 18.4. The van der Waals surface area contributed by atoms with Crippen LogP contribution in [0.1, 0.15) is 57.9 Å². The Kier molecular flexibility index (Phi) is 6.09. The zero-order valence-corrected chi connectivity index (χ0v) is 15.6. The third-order valence-electron chi connectivity index (χ3n) is 5.20. The zero-order chi connectivity index (χ0) is 17.8. The summed E-state index contributed by atoms with van der Waals surface area (Å²) in [5.74, 6) is -0.262. The summed E-state index contributed by atoms with van der Waals surface area (Å²) < 4.78 is 10.8. The van der Waals surface area contributed by atoms with E-state index in [0.717, 1.165) is 38.5 Å². The Hall–Kier alpha value is -1.44. The van der Waals surface area contributed by atoms with Gasteiger partial charge in [0.15, 0.2) is 0 Å². The third kappa shape index (κ3) is 4.22. The van der Waals surface area contributed by atoms with Gasteiger partial charge in [0.05, 0.1) is 34.0 Å². The molecule has 0 radical (unpaired) electrons.